The minimum atomic E-state index is 0.464. The van der Waals surface area contributed by atoms with E-state index in [1.54, 1.807) is 6.07 Å². The summed E-state index contributed by atoms with van der Waals surface area (Å²) in [5.74, 6) is 1.22. The normalized spacial score (nSPS) is 22.2. The van der Waals surface area contributed by atoms with Gasteiger partial charge in [-0.3, -0.25) is 0 Å². The minimum absolute atomic E-state index is 0.464. The van der Waals surface area contributed by atoms with Gasteiger partial charge in [0.15, 0.2) is 0 Å². The zero-order valence-corrected chi connectivity index (χ0v) is 12.8. The molecule has 2 fully saturated rings. The van der Waals surface area contributed by atoms with Crippen LogP contribution >= 0.6 is 23.2 Å². The van der Waals surface area contributed by atoms with Crippen LogP contribution in [0.15, 0.2) is 12.1 Å². The molecule has 5 heteroatoms. The van der Waals surface area contributed by atoms with Crippen LogP contribution in [0.25, 0.3) is 0 Å². The van der Waals surface area contributed by atoms with Crippen molar-refractivity contribution in [2.45, 2.75) is 31.8 Å². The van der Waals surface area contributed by atoms with Crippen molar-refractivity contribution in [3.63, 3.8) is 0 Å². The lowest BCUT2D eigenvalue weighted by Crippen LogP contribution is -2.18. The van der Waals surface area contributed by atoms with E-state index in [4.69, 9.17) is 32.7 Å². The minimum Gasteiger partial charge on any atom is -0.491 e. The van der Waals surface area contributed by atoms with Crippen molar-refractivity contribution in [2.24, 2.45) is 5.92 Å². The van der Waals surface area contributed by atoms with Crippen molar-refractivity contribution in [3.8, 4) is 5.75 Å². The smallest absolute Gasteiger partial charge is 0.142 e. The summed E-state index contributed by atoms with van der Waals surface area (Å²) in [6, 6.07) is 4.32. The van der Waals surface area contributed by atoms with Crippen molar-refractivity contribution in [2.75, 3.05) is 19.8 Å². The van der Waals surface area contributed by atoms with E-state index in [-0.39, 0.29) is 0 Å². The van der Waals surface area contributed by atoms with Gasteiger partial charge in [-0.05, 0) is 31.4 Å². The Hall–Kier alpha value is -0.480. The number of rotatable bonds is 6. The Labute approximate surface area is 129 Å². The van der Waals surface area contributed by atoms with Gasteiger partial charge in [-0.25, -0.2) is 0 Å². The zero-order chi connectivity index (χ0) is 13.9. The third-order valence-corrected chi connectivity index (χ3v) is 4.23. The molecule has 1 heterocycles. The predicted molar refractivity (Wildman–Crippen MR) is 80.7 cm³/mol. The van der Waals surface area contributed by atoms with Crippen LogP contribution < -0.4 is 10.1 Å². The van der Waals surface area contributed by atoms with Gasteiger partial charge >= 0.3 is 0 Å². The van der Waals surface area contributed by atoms with Crippen LogP contribution in [0, 0.1) is 5.92 Å². The summed E-state index contributed by atoms with van der Waals surface area (Å²) in [7, 11) is 0. The zero-order valence-electron chi connectivity index (χ0n) is 11.3. The molecule has 0 aromatic heterocycles. The summed E-state index contributed by atoms with van der Waals surface area (Å²) in [6.07, 6.45) is 3.56. The summed E-state index contributed by atoms with van der Waals surface area (Å²) in [5.41, 5.74) is 1.04. The van der Waals surface area contributed by atoms with Crippen LogP contribution in [0.4, 0.5) is 0 Å². The Kier molecular flexibility index (Phi) is 4.72. The highest BCUT2D eigenvalue weighted by molar-refractivity contribution is 6.35. The first kappa shape index (κ1) is 14.5. The van der Waals surface area contributed by atoms with Crippen LogP contribution in [-0.2, 0) is 11.3 Å². The second-order valence-corrected chi connectivity index (χ2v) is 6.42. The molecule has 1 atom stereocenters. The number of hydrogen-bond donors (Lipinski definition) is 1. The standard InChI is InChI=1S/C15H19Cl2NO2/c16-12-5-11(7-18-13-1-2-13)15(14(17)6-12)20-9-10-3-4-19-8-10/h5-6,10,13,18H,1-4,7-9H2. The maximum atomic E-state index is 6.28. The number of halogens is 2. The van der Waals surface area contributed by atoms with Gasteiger partial charge in [0.25, 0.3) is 0 Å². The van der Waals surface area contributed by atoms with Crippen molar-refractivity contribution in [1.82, 2.24) is 5.32 Å². The van der Waals surface area contributed by atoms with Crippen LogP contribution in [0.5, 0.6) is 5.75 Å². The number of ether oxygens (including phenoxy) is 2. The molecule has 2 aliphatic rings. The van der Waals surface area contributed by atoms with Gasteiger partial charge in [0.05, 0.1) is 18.2 Å². The van der Waals surface area contributed by atoms with E-state index in [1.165, 1.54) is 12.8 Å². The molecule has 1 saturated heterocycles. The van der Waals surface area contributed by atoms with E-state index >= 15 is 0 Å². The average molecular weight is 316 g/mol. The lowest BCUT2D eigenvalue weighted by Gasteiger charge is -2.16. The monoisotopic (exact) mass is 315 g/mol. The molecule has 0 bridgehead atoms. The first-order valence-electron chi connectivity index (χ1n) is 7.14. The van der Waals surface area contributed by atoms with E-state index in [0.29, 0.717) is 28.6 Å². The predicted octanol–water partition coefficient (Wildman–Crippen LogP) is 3.66. The third kappa shape index (κ3) is 3.79. The van der Waals surface area contributed by atoms with Gasteiger partial charge in [-0.2, -0.15) is 0 Å². The molecular weight excluding hydrogens is 297 g/mol. The molecule has 20 heavy (non-hydrogen) atoms. The molecule has 0 amide bonds. The van der Waals surface area contributed by atoms with Crippen LogP contribution in [0.2, 0.25) is 10.0 Å². The van der Waals surface area contributed by atoms with Crippen molar-refractivity contribution >= 4 is 23.2 Å². The largest absolute Gasteiger partial charge is 0.491 e. The first-order valence-corrected chi connectivity index (χ1v) is 7.90. The highest BCUT2D eigenvalue weighted by Crippen LogP contribution is 2.34. The van der Waals surface area contributed by atoms with Gasteiger partial charge < -0.3 is 14.8 Å². The van der Waals surface area contributed by atoms with Crippen LogP contribution in [0.3, 0.4) is 0 Å². The summed E-state index contributed by atoms with van der Waals surface area (Å²) in [5, 5.41) is 4.71. The fourth-order valence-corrected chi connectivity index (χ4v) is 2.95. The quantitative estimate of drug-likeness (QED) is 0.869. The highest BCUT2D eigenvalue weighted by Gasteiger charge is 2.22. The molecule has 1 unspecified atom stereocenters. The summed E-state index contributed by atoms with van der Waals surface area (Å²) >= 11 is 12.4. The number of hydrogen-bond acceptors (Lipinski definition) is 3. The van der Waals surface area contributed by atoms with Gasteiger partial charge in [0.1, 0.15) is 5.75 Å². The lowest BCUT2D eigenvalue weighted by atomic mass is 10.1. The fourth-order valence-electron chi connectivity index (χ4n) is 2.36. The molecule has 3 rings (SSSR count). The maximum Gasteiger partial charge on any atom is 0.142 e. The molecule has 1 aliphatic carbocycles. The Morgan fingerprint density at radius 1 is 1.25 bits per heavy atom. The van der Waals surface area contributed by atoms with Gasteiger partial charge in [-0.15, -0.1) is 0 Å². The van der Waals surface area contributed by atoms with Gasteiger partial charge in [0.2, 0.25) is 0 Å². The molecule has 3 nitrogen and oxygen atoms in total. The van der Waals surface area contributed by atoms with E-state index < -0.39 is 0 Å². The third-order valence-electron chi connectivity index (χ3n) is 3.73. The van der Waals surface area contributed by atoms with Gasteiger partial charge in [-0.1, -0.05) is 23.2 Å². The van der Waals surface area contributed by atoms with Crippen molar-refractivity contribution in [3.05, 3.63) is 27.7 Å². The Balaban J connectivity index is 1.68. The molecule has 0 radical (unpaired) electrons. The van der Waals surface area contributed by atoms with Gasteiger partial charge in [0, 0.05) is 35.7 Å². The van der Waals surface area contributed by atoms with Crippen LogP contribution in [-0.4, -0.2) is 25.9 Å². The average Bonchev–Trinajstić information content (AvgIpc) is 3.10. The second kappa shape index (κ2) is 6.52. The van der Waals surface area contributed by atoms with E-state index in [2.05, 4.69) is 5.32 Å². The molecule has 1 aromatic rings. The van der Waals surface area contributed by atoms with E-state index in [1.807, 2.05) is 6.07 Å². The molecule has 1 N–H and O–H groups in total. The Morgan fingerprint density at radius 2 is 2.10 bits per heavy atom. The van der Waals surface area contributed by atoms with Crippen molar-refractivity contribution in [1.29, 1.82) is 0 Å². The Bertz CT molecular complexity index is 471. The summed E-state index contributed by atoms with van der Waals surface area (Å²) in [6.45, 7) is 3.01. The molecule has 1 aliphatic heterocycles. The fraction of sp³-hybridized carbons (Fsp3) is 0.600. The lowest BCUT2D eigenvalue weighted by molar-refractivity contribution is 0.166. The molecule has 1 aromatic carbocycles. The first-order chi connectivity index (χ1) is 9.72. The second-order valence-electron chi connectivity index (χ2n) is 5.57. The van der Waals surface area contributed by atoms with Crippen LogP contribution in [0.1, 0.15) is 24.8 Å². The molecule has 0 spiro atoms. The number of nitrogens with one attached hydrogen (secondary N) is 1. The molecular formula is C15H19Cl2NO2. The summed E-state index contributed by atoms with van der Waals surface area (Å²) in [4.78, 5) is 0. The van der Waals surface area contributed by atoms with E-state index in [9.17, 15) is 0 Å². The molecule has 1 saturated carbocycles. The van der Waals surface area contributed by atoms with Crippen molar-refractivity contribution < 1.29 is 9.47 Å². The number of benzene rings is 1. The summed E-state index contributed by atoms with van der Waals surface area (Å²) < 4.78 is 11.3. The Morgan fingerprint density at radius 3 is 2.80 bits per heavy atom. The topological polar surface area (TPSA) is 30.5 Å². The molecule has 110 valence electrons. The van der Waals surface area contributed by atoms with E-state index in [0.717, 1.165) is 37.5 Å². The maximum absolute atomic E-state index is 6.28. The highest BCUT2D eigenvalue weighted by atomic mass is 35.5. The SMILES string of the molecule is Clc1cc(Cl)c(OCC2CCOC2)c(CNC2CC2)c1.